The van der Waals surface area contributed by atoms with Crippen LogP contribution in [0.4, 0.5) is 11.8 Å². The number of thiophene rings is 2. The molecule has 0 unspecified atom stereocenters. The Morgan fingerprint density at radius 1 is 1.15 bits per heavy atom. The highest BCUT2D eigenvalue weighted by Gasteiger charge is 2.09. The first-order chi connectivity index (χ1) is 9.81. The molecule has 3 heterocycles. The van der Waals surface area contributed by atoms with Gasteiger partial charge in [-0.05, 0) is 34.9 Å². The van der Waals surface area contributed by atoms with Crippen LogP contribution in [0.5, 0.6) is 0 Å². The van der Waals surface area contributed by atoms with E-state index in [-0.39, 0.29) is 0 Å². The van der Waals surface area contributed by atoms with Crippen LogP contribution in [0.1, 0.15) is 17.4 Å². The molecule has 0 bridgehead atoms. The maximum atomic E-state index is 4.52. The summed E-state index contributed by atoms with van der Waals surface area (Å²) in [6.45, 7) is 3.00. The Bertz CT molecular complexity index is 717. The van der Waals surface area contributed by atoms with Crippen molar-refractivity contribution in [1.82, 2.24) is 9.97 Å². The molecular weight excluding hydrogens is 288 g/mol. The van der Waals surface area contributed by atoms with Gasteiger partial charge in [-0.1, -0.05) is 6.92 Å². The zero-order chi connectivity index (χ0) is 13.9. The van der Waals surface area contributed by atoms with E-state index in [9.17, 15) is 0 Å². The zero-order valence-corrected chi connectivity index (χ0v) is 13.1. The highest BCUT2D eigenvalue weighted by Crippen LogP contribution is 2.27. The molecule has 0 spiro atoms. The Kier molecular flexibility index (Phi) is 3.84. The van der Waals surface area contributed by atoms with Crippen molar-refractivity contribution in [2.45, 2.75) is 19.9 Å². The van der Waals surface area contributed by atoms with E-state index in [1.165, 1.54) is 10.4 Å². The van der Waals surface area contributed by atoms with Crippen LogP contribution in [-0.2, 0) is 13.0 Å². The minimum absolute atomic E-state index is 0.657. The molecule has 0 fully saturated rings. The van der Waals surface area contributed by atoms with Gasteiger partial charge in [0.2, 0.25) is 5.95 Å². The smallest absolute Gasteiger partial charge is 0.225 e. The van der Waals surface area contributed by atoms with Crippen LogP contribution < -0.4 is 10.6 Å². The lowest BCUT2D eigenvalue weighted by atomic mass is 10.2. The lowest BCUT2D eigenvalue weighted by Crippen LogP contribution is -2.05. The number of fused-ring (bicyclic) bond motifs is 1. The topological polar surface area (TPSA) is 49.8 Å². The van der Waals surface area contributed by atoms with E-state index >= 15 is 0 Å². The second-order valence-electron chi connectivity index (χ2n) is 4.36. The van der Waals surface area contributed by atoms with Crippen molar-refractivity contribution < 1.29 is 0 Å². The lowest BCUT2D eigenvalue weighted by Gasteiger charge is -2.08. The fourth-order valence-corrected chi connectivity index (χ4v) is 3.78. The number of hydrogen-bond donors (Lipinski definition) is 2. The number of rotatable bonds is 5. The molecule has 6 heteroatoms. The largest absolute Gasteiger partial charge is 0.364 e. The highest BCUT2D eigenvalue weighted by molar-refractivity contribution is 7.16. The molecule has 0 aliphatic rings. The van der Waals surface area contributed by atoms with Gasteiger partial charge in [-0.3, -0.25) is 0 Å². The van der Waals surface area contributed by atoms with Crippen molar-refractivity contribution in [1.29, 1.82) is 0 Å². The highest BCUT2D eigenvalue weighted by atomic mass is 32.1. The number of hydrogen-bond acceptors (Lipinski definition) is 6. The van der Waals surface area contributed by atoms with E-state index in [0.29, 0.717) is 5.95 Å². The lowest BCUT2D eigenvalue weighted by molar-refractivity contribution is 1.07. The zero-order valence-electron chi connectivity index (χ0n) is 11.4. The maximum Gasteiger partial charge on any atom is 0.225 e. The Morgan fingerprint density at radius 2 is 2.00 bits per heavy atom. The van der Waals surface area contributed by atoms with Gasteiger partial charge in [0.25, 0.3) is 0 Å². The fourth-order valence-electron chi connectivity index (χ4n) is 2.10. The van der Waals surface area contributed by atoms with Crippen LogP contribution in [0.3, 0.4) is 0 Å². The number of aryl methyl sites for hydroxylation is 1. The molecular formula is C14H16N4S2. The molecule has 0 radical (unpaired) electrons. The minimum Gasteiger partial charge on any atom is -0.364 e. The van der Waals surface area contributed by atoms with Gasteiger partial charge in [-0.15, -0.1) is 22.7 Å². The quantitative estimate of drug-likeness (QED) is 0.749. The van der Waals surface area contributed by atoms with Gasteiger partial charge >= 0.3 is 0 Å². The van der Waals surface area contributed by atoms with Crippen LogP contribution in [0.15, 0.2) is 22.9 Å². The van der Waals surface area contributed by atoms with Crippen LogP contribution in [0.2, 0.25) is 0 Å². The van der Waals surface area contributed by atoms with E-state index in [1.54, 1.807) is 22.7 Å². The monoisotopic (exact) mass is 304 g/mol. The molecule has 4 nitrogen and oxygen atoms in total. The second-order valence-corrected chi connectivity index (χ2v) is 6.26. The number of nitrogens with one attached hydrogen (secondary N) is 2. The first-order valence-corrected chi connectivity index (χ1v) is 8.30. The van der Waals surface area contributed by atoms with E-state index in [0.717, 1.165) is 29.0 Å². The number of anilines is 2. The predicted molar refractivity (Wildman–Crippen MR) is 88.0 cm³/mol. The molecule has 0 atom stereocenters. The molecule has 0 amide bonds. The average Bonchev–Trinajstić information content (AvgIpc) is 3.12. The van der Waals surface area contributed by atoms with Gasteiger partial charge in [0.1, 0.15) is 10.6 Å². The summed E-state index contributed by atoms with van der Waals surface area (Å²) >= 11 is 3.43. The van der Waals surface area contributed by atoms with Crippen LogP contribution >= 0.6 is 22.7 Å². The Morgan fingerprint density at radius 3 is 2.80 bits per heavy atom. The third-order valence-corrected chi connectivity index (χ3v) is 4.95. The van der Waals surface area contributed by atoms with Gasteiger partial charge in [0.15, 0.2) is 0 Å². The molecule has 104 valence electrons. The van der Waals surface area contributed by atoms with Crippen molar-refractivity contribution in [3.05, 3.63) is 33.3 Å². The van der Waals surface area contributed by atoms with E-state index in [2.05, 4.69) is 45.0 Å². The minimum atomic E-state index is 0.657. The van der Waals surface area contributed by atoms with Crippen molar-refractivity contribution in [3.63, 3.8) is 0 Å². The molecule has 3 aromatic rings. The summed E-state index contributed by atoms with van der Waals surface area (Å²) in [7, 11) is 1.84. The standard InChI is InChI=1S/C14H16N4S2/c1-3-9-4-6-19-11(9)8-16-12-10-5-7-20-13(10)18-14(15-2)17-12/h4-7H,3,8H2,1-2H3,(H2,15,16,17,18). The molecule has 3 aromatic heterocycles. The van der Waals surface area contributed by atoms with Gasteiger partial charge in [0, 0.05) is 11.9 Å². The van der Waals surface area contributed by atoms with Gasteiger partial charge < -0.3 is 10.6 Å². The van der Waals surface area contributed by atoms with Gasteiger partial charge in [-0.25, -0.2) is 4.98 Å². The van der Waals surface area contributed by atoms with Crippen LogP contribution in [-0.4, -0.2) is 17.0 Å². The molecule has 0 aliphatic heterocycles. The normalized spacial score (nSPS) is 10.9. The average molecular weight is 304 g/mol. The van der Waals surface area contributed by atoms with Gasteiger partial charge in [-0.2, -0.15) is 4.98 Å². The van der Waals surface area contributed by atoms with Gasteiger partial charge in [0.05, 0.1) is 11.9 Å². The van der Waals surface area contributed by atoms with E-state index in [4.69, 9.17) is 0 Å². The second kappa shape index (κ2) is 5.76. The SMILES string of the molecule is CCc1ccsc1CNc1nc(NC)nc2sccc12. The Balaban J connectivity index is 1.88. The summed E-state index contributed by atoms with van der Waals surface area (Å²) in [5, 5.41) is 11.7. The molecule has 0 saturated carbocycles. The first-order valence-electron chi connectivity index (χ1n) is 6.54. The summed E-state index contributed by atoms with van der Waals surface area (Å²) in [5.41, 5.74) is 1.41. The van der Waals surface area contributed by atoms with Crippen LogP contribution in [0.25, 0.3) is 10.2 Å². The Hall–Kier alpha value is -1.66. The Labute approximate surface area is 125 Å². The third kappa shape index (κ3) is 2.48. The number of aromatic nitrogens is 2. The first kappa shape index (κ1) is 13.3. The van der Waals surface area contributed by atoms with E-state index < -0.39 is 0 Å². The van der Waals surface area contributed by atoms with Crippen molar-refractivity contribution >= 4 is 44.7 Å². The van der Waals surface area contributed by atoms with Crippen molar-refractivity contribution in [2.24, 2.45) is 0 Å². The molecule has 20 heavy (non-hydrogen) atoms. The molecule has 0 aliphatic carbocycles. The number of nitrogens with zero attached hydrogens (tertiary/aromatic N) is 2. The molecule has 3 rings (SSSR count). The maximum absolute atomic E-state index is 4.52. The fraction of sp³-hybridized carbons (Fsp3) is 0.286. The van der Waals surface area contributed by atoms with E-state index in [1.807, 2.05) is 12.4 Å². The predicted octanol–water partition coefficient (Wildman–Crippen LogP) is 3.97. The molecule has 0 aromatic carbocycles. The third-order valence-electron chi connectivity index (χ3n) is 3.18. The summed E-state index contributed by atoms with van der Waals surface area (Å²) in [6.07, 6.45) is 1.07. The van der Waals surface area contributed by atoms with Crippen molar-refractivity contribution in [2.75, 3.05) is 17.7 Å². The summed E-state index contributed by atoms with van der Waals surface area (Å²) in [6, 6.07) is 4.26. The summed E-state index contributed by atoms with van der Waals surface area (Å²) < 4.78 is 0. The summed E-state index contributed by atoms with van der Waals surface area (Å²) in [4.78, 5) is 11.4. The summed E-state index contributed by atoms with van der Waals surface area (Å²) in [5.74, 6) is 1.56. The van der Waals surface area contributed by atoms with Crippen LogP contribution in [0, 0.1) is 0 Å². The molecule has 2 N–H and O–H groups in total. The molecule has 0 saturated heterocycles. The van der Waals surface area contributed by atoms with Crippen molar-refractivity contribution in [3.8, 4) is 0 Å².